The van der Waals surface area contributed by atoms with E-state index in [-0.39, 0.29) is 11.2 Å². The third-order valence-corrected chi connectivity index (χ3v) is 6.00. The number of carboxylic acid groups (broad SMARTS) is 1. The van der Waals surface area contributed by atoms with Crippen LogP contribution in [-0.2, 0) is 19.4 Å². The number of carboxylic acids is 1. The Bertz CT molecular complexity index is 795. The zero-order valence-corrected chi connectivity index (χ0v) is 15.0. The molecule has 0 fully saturated rings. The number of hydrogen-bond donors (Lipinski definition) is 2. The molecule has 0 saturated heterocycles. The van der Waals surface area contributed by atoms with Crippen molar-refractivity contribution in [2.45, 2.75) is 39.7 Å². The van der Waals surface area contributed by atoms with Gasteiger partial charge in [0, 0.05) is 22.5 Å². The number of benzene rings is 1. The second-order valence-electron chi connectivity index (χ2n) is 7.16. The highest BCUT2D eigenvalue weighted by Crippen LogP contribution is 2.45. The summed E-state index contributed by atoms with van der Waals surface area (Å²) in [7, 11) is 1.76. The first-order valence-corrected chi connectivity index (χ1v) is 8.96. The van der Waals surface area contributed by atoms with Crippen LogP contribution in [0.15, 0.2) is 18.2 Å². The summed E-state index contributed by atoms with van der Waals surface area (Å²) in [5.74, 6) is -1.29. The van der Waals surface area contributed by atoms with Crippen LogP contribution in [-0.4, -0.2) is 18.1 Å². The number of hydrogen-bond acceptors (Lipinski definition) is 3. The van der Waals surface area contributed by atoms with Gasteiger partial charge in [-0.3, -0.25) is 0 Å². The molecule has 0 unspecified atom stereocenters. The number of carbonyl (C=O) groups is 1. The summed E-state index contributed by atoms with van der Waals surface area (Å²) < 4.78 is 14.9. The fraction of sp³-hybridized carbons (Fsp3) is 0.421. The highest BCUT2D eigenvalue weighted by atomic mass is 32.1. The second-order valence-corrected chi connectivity index (χ2v) is 8.27. The highest BCUT2D eigenvalue weighted by Gasteiger charge is 2.33. The predicted molar refractivity (Wildman–Crippen MR) is 95.2 cm³/mol. The molecule has 1 aliphatic rings. The predicted octanol–water partition coefficient (Wildman–Crippen LogP) is 4.49. The minimum absolute atomic E-state index is 0.0854. The first-order chi connectivity index (χ1) is 11.3. The number of rotatable bonds is 4. The molecule has 2 N–H and O–H groups in total. The van der Waals surface area contributed by atoms with Crippen molar-refractivity contribution in [3.8, 4) is 10.4 Å². The first kappa shape index (κ1) is 17.1. The molecular weight excluding hydrogens is 325 g/mol. The van der Waals surface area contributed by atoms with Gasteiger partial charge in [-0.25, -0.2) is 9.18 Å². The number of aryl methyl sites for hydroxylation is 1. The summed E-state index contributed by atoms with van der Waals surface area (Å²) in [5.41, 5.74) is 2.23. The summed E-state index contributed by atoms with van der Waals surface area (Å²) in [5, 5.41) is 12.7. The van der Waals surface area contributed by atoms with Gasteiger partial charge in [0.05, 0.1) is 10.4 Å². The number of halogens is 1. The Kier molecular flexibility index (Phi) is 4.49. The van der Waals surface area contributed by atoms with Crippen molar-refractivity contribution in [1.29, 1.82) is 0 Å². The molecule has 3 rings (SSSR count). The van der Waals surface area contributed by atoms with E-state index < -0.39 is 5.97 Å². The summed E-state index contributed by atoms with van der Waals surface area (Å²) in [6, 6.07) is 5.20. The molecule has 1 aliphatic carbocycles. The molecule has 0 atom stereocenters. The molecule has 5 heteroatoms. The lowest BCUT2D eigenvalue weighted by molar-refractivity contribution is 0.0696. The maximum Gasteiger partial charge on any atom is 0.337 e. The lowest BCUT2D eigenvalue weighted by Gasteiger charge is -2.29. The molecular formula is C19H22FNO2S. The Hall–Kier alpha value is -1.72. The van der Waals surface area contributed by atoms with E-state index in [0.717, 1.165) is 29.7 Å². The van der Waals surface area contributed by atoms with Gasteiger partial charge in [0.15, 0.2) is 0 Å². The molecule has 0 bridgehead atoms. The van der Waals surface area contributed by atoms with Crippen molar-refractivity contribution < 1.29 is 14.3 Å². The van der Waals surface area contributed by atoms with Crippen molar-refractivity contribution in [2.24, 2.45) is 5.41 Å². The number of fused-ring (bicyclic) bond motifs is 1. The molecule has 3 nitrogen and oxygen atoms in total. The average molecular weight is 347 g/mol. The fourth-order valence-corrected chi connectivity index (χ4v) is 4.75. The van der Waals surface area contributed by atoms with E-state index in [1.807, 2.05) is 0 Å². The zero-order valence-electron chi connectivity index (χ0n) is 14.2. The molecule has 1 heterocycles. The quantitative estimate of drug-likeness (QED) is 0.857. The lowest BCUT2D eigenvalue weighted by atomic mass is 9.76. The van der Waals surface area contributed by atoms with Crippen molar-refractivity contribution in [3.05, 3.63) is 45.6 Å². The Morgan fingerprint density at radius 3 is 2.83 bits per heavy atom. The van der Waals surface area contributed by atoms with Crippen LogP contribution in [0.5, 0.6) is 0 Å². The normalized spacial score (nSPS) is 16.0. The minimum Gasteiger partial charge on any atom is -0.478 e. The van der Waals surface area contributed by atoms with Crippen molar-refractivity contribution in [1.82, 2.24) is 5.32 Å². The van der Waals surface area contributed by atoms with Crippen molar-refractivity contribution in [3.63, 3.8) is 0 Å². The standard InChI is InChI=1S/C19H22FNO2S/c1-19(2)8-7-14-13(9-19)15(18(22)23)17(24-14)12-6-4-5-11(10-21-3)16(12)20/h4-6,21H,7-10H2,1-3H3,(H,22,23). The number of aromatic carboxylic acids is 1. The van der Waals surface area contributed by atoms with Crippen LogP contribution in [0.2, 0.25) is 0 Å². The van der Waals surface area contributed by atoms with E-state index in [1.54, 1.807) is 25.2 Å². The largest absolute Gasteiger partial charge is 0.478 e. The van der Waals surface area contributed by atoms with Crippen LogP contribution in [0.25, 0.3) is 10.4 Å². The smallest absolute Gasteiger partial charge is 0.337 e. The van der Waals surface area contributed by atoms with Gasteiger partial charge in [0.25, 0.3) is 0 Å². The second kappa shape index (κ2) is 6.30. The SMILES string of the molecule is CNCc1cccc(-c2sc3c(c2C(=O)O)CC(C)(C)CC3)c1F. The van der Waals surface area contributed by atoms with Crippen LogP contribution in [0.4, 0.5) is 4.39 Å². The Labute approximate surface area is 145 Å². The van der Waals surface area contributed by atoms with E-state index in [9.17, 15) is 14.3 Å². The van der Waals surface area contributed by atoms with Gasteiger partial charge >= 0.3 is 5.97 Å². The Balaban J connectivity index is 2.18. The molecule has 0 saturated carbocycles. The maximum absolute atomic E-state index is 14.9. The first-order valence-electron chi connectivity index (χ1n) is 8.14. The van der Waals surface area contributed by atoms with Gasteiger partial charge in [-0.2, -0.15) is 0 Å². The molecule has 0 amide bonds. The monoisotopic (exact) mass is 347 g/mol. The molecule has 24 heavy (non-hydrogen) atoms. The summed E-state index contributed by atoms with van der Waals surface area (Å²) in [6.07, 6.45) is 2.63. The molecule has 128 valence electrons. The molecule has 0 radical (unpaired) electrons. The van der Waals surface area contributed by atoms with Gasteiger partial charge in [-0.05, 0) is 37.3 Å². The van der Waals surface area contributed by atoms with Crippen LogP contribution >= 0.6 is 11.3 Å². The van der Waals surface area contributed by atoms with Gasteiger partial charge in [0.1, 0.15) is 5.82 Å². The van der Waals surface area contributed by atoms with Crippen molar-refractivity contribution in [2.75, 3.05) is 7.05 Å². The Morgan fingerprint density at radius 1 is 1.42 bits per heavy atom. The van der Waals surface area contributed by atoms with E-state index >= 15 is 0 Å². The van der Waals surface area contributed by atoms with Crippen LogP contribution in [0.3, 0.4) is 0 Å². The van der Waals surface area contributed by atoms with Gasteiger partial charge < -0.3 is 10.4 Å². The maximum atomic E-state index is 14.9. The van der Waals surface area contributed by atoms with Crippen LogP contribution in [0.1, 0.15) is 46.6 Å². The minimum atomic E-state index is -0.960. The summed E-state index contributed by atoms with van der Waals surface area (Å²) in [6.45, 7) is 4.74. The van der Waals surface area contributed by atoms with Gasteiger partial charge in [0.2, 0.25) is 0 Å². The van der Waals surface area contributed by atoms with Crippen molar-refractivity contribution >= 4 is 17.3 Å². The molecule has 0 aliphatic heterocycles. The highest BCUT2D eigenvalue weighted by molar-refractivity contribution is 7.16. The van der Waals surface area contributed by atoms with Gasteiger partial charge in [-0.15, -0.1) is 11.3 Å². The summed E-state index contributed by atoms with van der Waals surface area (Å²) >= 11 is 1.44. The van der Waals surface area contributed by atoms with E-state index in [1.165, 1.54) is 11.3 Å². The zero-order chi connectivity index (χ0) is 17.5. The Morgan fingerprint density at radius 2 is 2.17 bits per heavy atom. The van der Waals surface area contributed by atoms with Crippen LogP contribution in [0, 0.1) is 11.2 Å². The fourth-order valence-electron chi connectivity index (χ4n) is 3.42. The lowest BCUT2D eigenvalue weighted by Crippen LogP contribution is -2.22. The molecule has 1 aromatic heterocycles. The van der Waals surface area contributed by atoms with E-state index in [4.69, 9.17) is 0 Å². The van der Waals surface area contributed by atoms with Gasteiger partial charge in [-0.1, -0.05) is 32.0 Å². The third kappa shape index (κ3) is 2.98. The number of nitrogens with one attached hydrogen (secondary N) is 1. The van der Waals surface area contributed by atoms with Crippen LogP contribution < -0.4 is 5.32 Å². The molecule has 0 spiro atoms. The van der Waals surface area contributed by atoms with E-state index in [2.05, 4.69) is 19.2 Å². The molecule has 1 aromatic carbocycles. The topological polar surface area (TPSA) is 49.3 Å². The molecule has 2 aromatic rings. The third-order valence-electron chi connectivity index (χ3n) is 4.68. The summed E-state index contributed by atoms with van der Waals surface area (Å²) in [4.78, 5) is 13.6. The number of thiophene rings is 1. The average Bonchev–Trinajstić information content (AvgIpc) is 2.86. The van der Waals surface area contributed by atoms with E-state index in [0.29, 0.717) is 28.1 Å².